The minimum absolute atomic E-state index is 0.00218. The number of aromatic nitrogens is 1. The van der Waals surface area contributed by atoms with E-state index in [1.807, 2.05) is 6.07 Å². The standard InChI is InChI=1S/C19H13BrFN3O3S/c20-12-3-1-2-11(18(12)21)7-16(25)24-19-23-14(9-28-19)10-4-5-15-13(6-10)22-17(26)8-27-15/h1-6,9H,7-8H2,(H,22,26)(H,23,24,25). The molecule has 0 saturated carbocycles. The molecular formula is C19H13BrFN3O3S. The van der Waals surface area contributed by atoms with E-state index < -0.39 is 5.82 Å². The number of benzene rings is 2. The fraction of sp³-hybridized carbons (Fsp3) is 0.105. The number of fused-ring (bicyclic) bond motifs is 1. The van der Waals surface area contributed by atoms with Crippen molar-refractivity contribution in [2.75, 3.05) is 17.2 Å². The van der Waals surface area contributed by atoms with Gasteiger partial charge in [0.05, 0.1) is 22.3 Å². The first-order valence-electron chi connectivity index (χ1n) is 8.25. The van der Waals surface area contributed by atoms with Crippen LogP contribution in [0.3, 0.4) is 0 Å². The van der Waals surface area contributed by atoms with Crippen molar-refractivity contribution >= 4 is 49.9 Å². The highest BCUT2D eigenvalue weighted by molar-refractivity contribution is 9.10. The Bertz CT molecular complexity index is 1090. The van der Waals surface area contributed by atoms with Crippen LogP contribution in [0.15, 0.2) is 46.3 Å². The number of anilines is 2. The molecule has 0 unspecified atom stereocenters. The van der Waals surface area contributed by atoms with Gasteiger partial charge in [-0.2, -0.15) is 0 Å². The monoisotopic (exact) mass is 461 g/mol. The molecule has 2 aromatic carbocycles. The van der Waals surface area contributed by atoms with E-state index in [1.165, 1.54) is 11.3 Å². The van der Waals surface area contributed by atoms with Crippen molar-refractivity contribution in [1.29, 1.82) is 0 Å². The van der Waals surface area contributed by atoms with E-state index in [2.05, 4.69) is 31.5 Å². The van der Waals surface area contributed by atoms with Crippen molar-refractivity contribution in [1.82, 2.24) is 4.98 Å². The lowest BCUT2D eigenvalue weighted by Crippen LogP contribution is -2.25. The first-order valence-corrected chi connectivity index (χ1v) is 9.92. The summed E-state index contributed by atoms with van der Waals surface area (Å²) in [6.07, 6.45) is -0.0948. The van der Waals surface area contributed by atoms with Gasteiger partial charge in [-0.15, -0.1) is 11.3 Å². The van der Waals surface area contributed by atoms with Gasteiger partial charge >= 0.3 is 0 Å². The van der Waals surface area contributed by atoms with Gasteiger partial charge in [-0.3, -0.25) is 9.59 Å². The molecule has 0 spiro atoms. The van der Waals surface area contributed by atoms with Gasteiger partial charge in [0.1, 0.15) is 11.6 Å². The van der Waals surface area contributed by atoms with Crippen molar-refractivity contribution < 1.29 is 18.7 Å². The zero-order chi connectivity index (χ0) is 19.7. The molecule has 142 valence electrons. The summed E-state index contributed by atoms with van der Waals surface area (Å²) >= 11 is 4.37. The summed E-state index contributed by atoms with van der Waals surface area (Å²) in [4.78, 5) is 28.1. The lowest BCUT2D eigenvalue weighted by molar-refractivity contribution is -0.118. The molecule has 4 rings (SSSR count). The summed E-state index contributed by atoms with van der Waals surface area (Å²) in [5.74, 6) is -0.418. The molecule has 0 fully saturated rings. The van der Waals surface area contributed by atoms with Gasteiger partial charge in [0.2, 0.25) is 5.91 Å². The van der Waals surface area contributed by atoms with Gasteiger partial charge < -0.3 is 15.4 Å². The topological polar surface area (TPSA) is 80.3 Å². The number of carbonyl (C=O) groups is 2. The van der Waals surface area contributed by atoms with E-state index in [-0.39, 0.29) is 24.8 Å². The molecule has 3 aromatic rings. The van der Waals surface area contributed by atoms with Crippen molar-refractivity contribution in [2.45, 2.75) is 6.42 Å². The maximum absolute atomic E-state index is 14.0. The van der Waals surface area contributed by atoms with Crippen LogP contribution < -0.4 is 15.4 Å². The number of thiazole rings is 1. The van der Waals surface area contributed by atoms with Crippen LogP contribution in [-0.4, -0.2) is 23.4 Å². The molecule has 2 N–H and O–H groups in total. The molecular weight excluding hydrogens is 449 g/mol. The van der Waals surface area contributed by atoms with E-state index >= 15 is 0 Å². The number of carbonyl (C=O) groups excluding carboxylic acids is 2. The van der Waals surface area contributed by atoms with Gasteiger partial charge in [-0.25, -0.2) is 9.37 Å². The number of halogens is 2. The zero-order valence-electron chi connectivity index (χ0n) is 14.3. The summed E-state index contributed by atoms with van der Waals surface area (Å²) < 4.78 is 19.7. The van der Waals surface area contributed by atoms with Crippen LogP contribution in [0.4, 0.5) is 15.2 Å². The summed E-state index contributed by atoms with van der Waals surface area (Å²) in [5, 5.41) is 7.64. The molecule has 1 aliphatic rings. The molecule has 0 bridgehead atoms. The van der Waals surface area contributed by atoms with Crippen LogP contribution >= 0.6 is 27.3 Å². The van der Waals surface area contributed by atoms with E-state index in [0.29, 0.717) is 32.3 Å². The number of rotatable bonds is 4. The number of hydrogen-bond donors (Lipinski definition) is 2. The lowest BCUT2D eigenvalue weighted by Gasteiger charge is -2.18. The maximum atomic E-state index is 14.0. The number of ether oxygens (including phenoxy) is 1. The summed E-state index contributed by atoms with van der Waals surface area (Å²) in [5.41, 5.74) is 2.31. The van der Waals surface area contributed by atoms with Crippen molar-refractivity contribution in [3.05, 3.63) is 57.6 Å². The van der Waals surface area contributed by atoms with Crippen molar-refractivity contribution in [3.63, 3.8) is 0 Å². The minimum Gasteiger partial charge on any atom is -0.482 e. The normalized spacial score (nSPS) is 12.7. The number of hydrogen-bond acceptors (Lipinski definition) is 5. The first kappa shape index (κ1) is 18.6. The molecule has 0 atom stereocenters. The Morgan fingerprint density at radius 1 is 1.36 bits per heavy atom. The summed E-state index contributed by atoms with van der Waals surface area (Å²) in [6.45, 7) is -0.00218. The van der Waals surface area contributed by atoms with Gasteiger partial charge in [0.15, 0.2) is 11.7 Å². The van der Waals surface area contributed by atoms with Gasteiger partial charge in [0.25, 0.3) is 5.91 Å². The van der Waals surface area contributed by atoms with Crippen LogP contribution in [0.2, 0.25) is 0 Å². The zero-order valence-corrected chi connectivity index (χ0v) is 16.7. The highest BCUT2D eigenvalue weighted by Crippen LogP contribution is 2.33. The highest BCUT2D eigenvalue weighted by atomic mass is 79.9. The quantitative estimate of drug-likeness (QED) is 0.609. The number of nitrogens with one attached hydrogen (secondary N) is 2. The Hall–Kier alpha value is -2.78. The molecule has 1 aliphatic heterocycles. The lowest BCUT2D eigenvalue weighted by atomic mass is 10.1. The molecule has 28 heavy (non-hydrogen) atoms. The van der Waals surface area contributed by atoms with Crippen molar-refractivity contribution in [2.24, 2.45) is 0 Å². The molecule has 2 amide bonds. The predicted octanol–water partition coefficient (Wildman–Crippen LogP) is 4.22. The van der Waals surface area contributed by atoms with Gasteiger partial charge in [0, 0.05) is 10.9 Å². The second-order valence-corrected chi connectivity index (χ2v) is 7.74. The third-order valence-corrected chi connectivity index (χ3v) is 5.41. The highest BCUT2D eigenvalue weighted by Gasteiger charge is 2.17. The largest absolute Gasteiger partial charge is 0.482 e. The number of amides is 2. The second kappa shape index (κ2) is 7.69. The molecule has 9 heteroatoms. The van der Waals surface area contributed by atoms with Crippen molar-refractivity contribution in [3.8, 4) is 17.0 Å². The minimum atomic E-state index is -0.448. The van der Waals surface area contributed by atoms with Gasteiger partial charge in [-0.05, 0) is 45.8 Å². The van der Waals surface area contributed by atoms with Gasteiger partial charge in [-0.1, -0.05) is 12.1 Å². The fourth-order valence-corrected chi connectivity index (χ4v) is 3.87. The Morgan fingerprint density at radius 3 is 3.07 bits per heavy atom. The molecule has 0 radical (unpaired) electrons. The predicted molar refractivity (Wildman–Crippen MR) is 108 cm³/mol. The molecule has 2 heterocycles. The Labute approximate surface area is 171 Å². The Morgan fingerprint density at radius 2 is 2.21 bits per heavy atom. The van der Waals surface area contributed by atoms with E-state index in [4.69, 9.17) is 4.74 Å². The Balaban J connectivity index is 1.47. The molecule has 0 saturated heterocycles. The smallest absolute Gasteiger partial charge is 0.262 e. The SMILES string of the molecule is O=C(Cc1cccc(Br)c1F)Nc1nc(-c2ccc3c(c2)NC(=O)CO3)cs1. The van der Waals surface area contributed by atoms with Crippen LogP contribution in [0.5, 0.6) is 5.75 Å². The second-order valence-electron chi connectivity index (χ2n) is 6.02. The molecule has 6 nitrogen and oxygen atoms in total. The van der Waals surface area contributed by atoms with E-state index in [0.717, 1.165) is 5.56 Å². The average Bonchev–Trinajstić information content (AvgIpc) is 3.13. The van der Waals surface area contributed by atoms with Crippen LogP contribution in [-0.2, 0) is 16.0 Å². The van der Waals surface area contributed by atoms with Crippen LogP contribution in [0.25, 0.3) is 11.3 Å². The van der Waals surface area contributed by atoms with Crippen LogP contribution in [0.1, 0.15) is 5.56 Å². The summed E-state index contributed by atoms with van der Waals surface area (Å²) in [7, 11) is 0. The van der Waals surface area contributed by atoms with E-state index in [9.17, 15) is 14.0 Å². The first-order chi connectivity index (χ1) is 13.5. The third-order valence-electron chi connectivity index (χ3n) is 4.04. The van der Waals surface area contributed by atoms with E-state index in [1.54, 1.807) is 35.7 Å². The number of nitrogens with zero attached hydrogens (tertiary/aromatic N) is 1. The molecule has 1 aromatic heterocycles. The molecule has 0 aliphatic carbocycles. The third kappa shape index (κ3) is 3.90. The maximum Gasteiger partial charge on any atom is 0.262 e. The Kier molecular flexibility index (Phi) is 5.10. The fourth-order valence-electron chi connectivity index (χ4n) is 2.73. The average molecular weight is 462 g/mol. The van der Waals surface area contributed by atoms with Crippen LogP contribution in [0, 0.1) is 5.82 Å². The summed E-state index contributed by atoms with van der Waals surface area (Å²) in [6, 6.07) is 10.2.